The van der Waals surface area contributed by atoms with Gasteiger partial charge in [-0.25, -0.2) is 23.1 Å². The van der Waals surface area contributed by atoms with Crippen LogP contribution in [-0.4, -0.2) is 44.0 Å². The SMILES string of the molecule is CC(=O)N1CCC(O)(c2cc3c(N[C@H](C)c4cccc(C(C)(F)F)c4F)nc(C)nc3cn2)CC1. The summed E-state index contributed by atoms with van der Waals surface area (Å²) in [6.07, 6.45) is 2.21. The predicted octanol–water partition coefficient (Wildman–Crippen LogP) is 4.59. The zero-order valence-corrected chi connectivity index (χ0v) is 20.1. The highest BCUT2D eigenvalue weighted by Crippen LogP contribution is 2.36. The van der Waals surface area contributed by atoms with Crippen LogP contribution in [0.1, 0.15) is 62.3 Å². The summed E-state index contributed by atoms with van der Waals surface area (Å²) < 4.78 is 42.6. The molecule has 1 saturated heterocycles. The summed E-state index contributed by atoms with van der Waals surface area (Å²) in [7, 11) is 0. The van der Waals surface area contributed by atoms with E-state index in [1.165, 1.54) is 19.1 Å². The summed E-state index contributed by atoms with van der Waals surface area (Å²) in [4.78, 5) is 26.6. The van der Waals surface area contributed by atoms with E-state index in [9.17, 15) is 23.1 Å². The number of fused-ring (bicyclic) bond motifs is 1. The lowest BCUT2D eigenvalue weighted by Crippen LogP contribution is -2.44. The standard InChI is InChI=1S/C25H28F3N5O2/c1-14(17-6-5-7-19(22(17)26)24(4,27)28)30-23-18-12-21(29-13-20(18)31-15(2)32-23)25(35)8-10-33(11-9-25)16(3)34/h5-7,12-14,35H,8-11H2,1-4H3,(H,30,31,32)/t14-/m1/s1. The molecule has 0 radical (unpaired) electrons. The van der Waals surface area contributed by atoms with Crippen LogP contribution in [0.5, 0.6) is 0 Å². The Morgan fingerprint density at radius 1 is 1.26 bits per heavy atom. The number of benzene rings is 1. The van der Waals surface area contributed by atoms with E-state index < -0.39 is 28.9 Å². The maximum Gasteiger partial charge on any atom is 0.273 e. The smallest absolute Gasteiger partial charge is 0.273 e. The van der Waals surface area contributed by atoms with Gasteiger partial charge in [-0.15, -0.1) is 0 Å². The predicted molar refractivity (Wildman–Crippen MR) is 125 cm³/mol. The van der Waals surface area contributed by atoms with Gasteiger partial charge in [-0.05, 0) is 32.8 Å². The lowest BCUT2D eigenvalue weighted by atomic mass is 9.87. The molecule has 4 rings (SSSR count). The van der Waals surface area contributed by atoms with Crippen LogP contribution < -0.4 is 5.32 Å². The van der Waals surface area contributed by atoms with Gasteiger partial charge in [-0.1, -0.05) is 18.2 Å². The van der Waals surface area contributed by atoms with Gasteiger partial charge in [-0.2, -0.15) is 0 Å². The molecule has 35 heavy (non-hydrogen) atoms. The molecule has 2 N–H and O–H groups in total. The summed E-state index contributed by atoms with van der Waals surface area (Å²) in [5, 5.41) is 15.0. The first-order valence-corrected chi connectivity index (χ1v) is 11.4. The Morgan fingerprint density at radius 3 is 2.57 bits per heavy atom. The number of halogens is 3. The van der Waals surface area contributed by atoms with E-state index in [0.717, 1.165) is 6.07 Å². The minimum absolute atomic E-state index is 0.0417. The maximum atomic E-state index is 14.9. The summed E-state index contributed by atoms with van der Waals surface area (Å²) in [6.45, 7) is 6.34. The van der Waals surface area contributed by atoms with Crippen LogP contribution in [0.25, 0.3) is 10.9 Å². The first-order chi connectivity index (χ1) is 16.4. The number of carbonyl (C=O) groups excluding carboxylic acids is 1. The van der Waals surface area contributed by atoms with E-state index in [4.69, 9.17) is 0 Å². The number of nitrogens with zero attached hydrogens (tertiary/aromatic N) is 4. The fourth-order valence-corrected chi connectivity index (χ4v) is 4.47. The van der Waals surface area contributed by atoms with E-state index in [2.05, 4.69) is 20.3 Å². The van der Waals surface area contributed by atoms with Crippen LogP contribution in [0.15, 0.2) is 30.5 Å². The highest BCUT2D eigenvalue weighted by Gasteiger charge is 2.36. The van der Waals surface area contributed by atoms with Crippen LogP contribution in [0.4, 0.5) is 19.0 Å². The van der Waals surface area contributed by atoms with E-state index in [-0.39, 0.29) is 11.5 Å². The number of aryl methyl sites for hydroxylation is 1. The van der Waals surface area contributed by atoms with E-state index in [1.807, 2.05) is 0 Å². The van der Waals surface area contributed by atoms with Gasteiger partial charge in [0.15, 0.2) is 0 Å². The van der Waals surface area contributed by atoms with E-state index in [0.29, 0.717) is 61.1 Å². The highest BCUT2D eigenvalue weighted by atomic mass is 19.3. The largest absolute Gasteiger partial charge is 0.383 e. The molecular weight excluding hydrogens is 459 g/mol. The molecule has 3 heterocycles. The van der Waals surface area contributed by atoms with Crippen LogP contribution >= 0.6 is 0 Å². The zero-order chi connectivity index (χ0) is 25.5. The molecule has 0 spiro atoms. The number of aliphatic hydroxyl groups is 1. The molecule has 186 valence electrons. The molecule has 0 saturated carbocycles. The first kappa shape index (κ1) is 24.8. The van der Waals surface area contributed by atoms with E-state index >= 15 is 0 Å². The third kappa shape index (κ3) is 4.93. The van der Waals surface area contributed by atoms with Crippen molar-refractivity contribution < 1.29 is 23.1 Å². The number of amides is 1. The number of nitrogens with one attached hydrogen (secondary N) is 1. The van der Waals surface area contributed by atoms with Crippen molar-refractivity contribution >= 4 is 22.6 Å². The summed E-state index contributed by atoms with van der Waals surface area (Å²) in [5.74, 6) is -3.50. The Balaban J connectivity index is 1.69. The number of hydrogen-bond donors (Lipinski definition) is 2. The number of carbonyl (C=O) groups is 1. The molecule has 1 aliphatic rings. The van der Waals surface area contributed by atoms with Crippen LogP contribution in [-0.2, 0) is 16.3 Å². The average molecular weight is 488 g/mol. The van der Waals surface area contributed by atoms with Crippen LogP contribution in [0.3, 0.4) is 0 Å². The van der Waals surface area contributed by atoms with E-state index in [1.54, 1.807) is 31.0 Å². The molecule has 1 atom stereocenters. The van der Waals surface area contributed by atoms with Crippen molar-refractivity contribution in [2.75, 3.05) is 18.4 Å². The molecule has 7 nitrogen and oxygen atoms in total. The molecule has 1 fully saturated rings. The number of piperidine rings is 1. The Kier molecular flexibility index (Phi) is 6.44. The molecule has 0 aliphatic carbocycles. The van der Waals surface area contributed by atoms with Crippen molar-refractivity contribution in [1.82, 2.24) is 19.9 Å². The third-order valence-electron chi connectivity index (χ3n) is 6.53. The van der Waals surface area contributed by atoms with Crippen molar-refractivity contribution in [3.05, 3.63) is 58.9 Å². The van der Waals surface area contributed by atoms with Gasteiger partial charge in [-0.3, -0.25) is 9.78 Å². The number of anilines is 1. The summed E-state index contributed by atoms with van der Waals surface area (Å²) >= 11 is 0. The minimum atomic E-state index is -3.31. The second-order valence-corrected chi connectivity index (χ2v) is 9.21. The third-order valence-corrected chi connectivity index (χ3v) is 6.53. The lowest BCUT2D eigenvalue weighted by Gasteiger charge is -2.37. The fourth-order valence-electron chi connectivity index (χ4n) is 4.47. The van der Waals surface area contributed by atoms with Crippen molar-refractivity contribution in [3.8, 4) is 0 Å². The van der Waals surface area contributed by atoms with Crippen molar-refractivity contribution in [3.63, 3.8) is 0 Å². The molecule has 1 amide bonds. The van der Waals surface area contributed by atoms with Crippen LogP contribution in [0.2, 0.25) is 0 Å². The molecule has 0 bridgehead atoms. The number of hydrogen-bond acceptors (Lipinski definition) is 6. The summed E-state index contributed by atoms with van der Waals surface area (Å²) in [6, 6.07) is 4.94. The van der Waals surface area contributed by atoms with Crippen molar-refractivity contribution in [1.29, 1.82) is 0 Å². The van der Waals surface area contributed by atoms with Gasteiger partial charge in [0.1, 0.15) is 23.1 Å². The van der Waals surface area contributed by atoms with Crippen molar-refractivity contribution in [2.45, 2.75) is 58.1 Å². The maximum absolute atomic E-state index is 14.9. The van der Waals surface area contributed by atoms with Crippen molar-refractivity contribution in [2.24, 2.45) is 0 Å². The zero-order valence-electron chi connectivity index (χ0n) is 20.1. The molecule has 0 unspecified atom stereocenters. The van der Waals surface area contributed by atoms with Crippen LogP contribution in [0, 0.1) is 12.7 Å². The van der Waals surface area contributed by atoms with Gasteiger partial charge in [0, 0.05) is 37.9 Å². The molecular formula is C25H28F3N5O2. The number of likely N-dealkylation sites (tertiary alicyclic amines) is 1. The summed E-state index contributed by atoms with van der Waals surface area (Å²) in [5.41, 5.74) is -0.859. The second kappa shape index (κ2) is 9.07. The average Bonchev–Trinajstić information content (AvgIpc) is 2.78. The number of alkyl halides is 2. The Labute approximate surface area is 201 Å². The fraction of sp³-hybridized carbons (Fsp3) is 0.440. The topological polar surface area (TPSA) is 91.2 Å². The van der Waals surface area contributed by atoms with Gasteiger partial charge in [0.05, 0.1) is 29.0 Å². The monoisotopic (exact) mass is 487 g/mol. The van der Waals surface area contributed by atoms with Gasteiger partial charge >= 0.3 is 0 Å². The van der Waals surface area contributed by atoms with Gasteiger partial charge < -0.3 is 15.3 Å². The molecule has 1 aromatic carbocycles. The normalized spacial score (nSPS) is 16.9. The number of pyridine rings is 1. The molecule has 1 aliphatic heterocycles. The number of aromatic nitrogens is 3. The first-order valence-electron chi connectivity index (χ1n) is 11.4. The lowest BCUT2D eigenvalue weighted by molar-refractivity contribution is -0.133. The van der Waals surface area contributed by atoms with Gasteiger partial charge in [0.2, 0.25) is 5.91 Å². The second-order valence-electron chi connectivity index (χ2n) is 9.21. The Morgan fingerprint density at radius 2 is 1.94 bits per heavy atom. The Bertz CT molecular complexity index is 1270. The Hall–Kier alpha value is -3.27. The molecule has 10 heteroatoms. The number of rotatable bonds is 5. The molecule has 2 aromatic heterocycles. The minimum Gasteiger partial charge on any atom is -0.383 e. The highest BCUT2D eigenvalue weighted by molar-refractivity contribution is 5.89. The molecule has 3 aromatic rings. The quantitative estimate of drug-likeness (QED) is 0.547. The van der Waals surface area contributed by atoms with Gasteiger partial charge in [0.25, 0.3) is 5.92 Å².